The second-order valence-electron chi connectivity index (χ2n) is 11.2. The zero-order valence-electron chi connectivity index (χ0n) is 21.4. The Labute approximate surface area is 220 Å². The predicted octanol–water partition coefficient (Wildman–Crippen LogP) is 5.46. The highest BCUT2D eigenvalue weighted by molar-refractivity contribution is 6.04. The monoisotopic (exact) mass is 511 g/mol. The Hall–Kier alpha value is -4.07. The Morgan fingerprint density at radius 1 is 1.21 bits per heavy atom. The van der Waals surface area contributed by atoms with Gasteiger partial charge in [0.2, 0.25) is 5.91 Å². The quantitative estimate of drug-likeness (QED) is 0.407. The summed E-state index contributed by atoms with van der Waals surface area (Å²) in [5, 5.41) is 11.0. The molecule has 7 nitrogen and oxygen atoms in total. The number of allylic oxidation sites excluding steroid dienone is 3. The van der Waals surface area contributed by atoms with Gasteiger partial charge in [-0.3, -0.25) is 19.7 Å². The van der Waals surface area contributed by atoms with Crippen molar-refractivity contribution in [1.29, 1.82) is 0 Å². The molecule has 38 heavy (non-hydrogen) atoms. The SMILES string of the molecule is CC1(C)CCC2=C(C1=O)C(/C=C/c1ccc(-c3cccc(F)c3)cn1)c1c(C(C(N)=O)C3CC3)n[nH]c1N2. The van der Waals surface area contributed by atoms with E-state index in [-0.39, 0.29) is 17.5 Å². The third kappa shape index (κ3) is 4.23. The lowest BCUT2D eigenvalue weighted by molar-refractivity contribution is -0.124. The molecule has 2 atom stereocenters. The molecule has 2 aliphatic carbocycles. The molecule has 2 aromatic heterocycles. The summed E-state index contributed by atoms with van der Waals surface area (Å²) in [6.07, 6.45) is 8.94. The van der Waals surface area contributed by atoms with Crippen LogP contribution in [0.4, 0.5) is 10.2 Å². The molecule has 0 radical (unpaired) electrons. The Balaban J connectivity index is 1.40. The maximum atomic E-state index is 13.7. The summed E-state index contributed by atoms with van der Waals surface area (Å²) in [7, 11) is 0. The minimum atomic E-state index is -0.495. The number of nitrogens with two attached hydrogens (primary N) is 1. The van der Waals surface area contributed by atoms with Gasteiger partial charge in [0.05, 0.1) is 17.3 Å². The van der Waals surface area contributed by atoms with E-state index >= 15 is 0 Å². The van der Waals surface area contributed by atoms with Crippen LogP contribution in [0, 0.1) is 17.2 Å². The lowest BCUT2D eigenvalue weighted by Crippen LogP contribution is -2.36. The molecule has 1 aliphatic heterocycles. The highest BCUT2D eigenvalue weighted by Crippen LogP contribution is 2.51. The van der Waals surface area contributed by atoms with Crippen LogP contribution in [0.1, 0.15) is 68.3 Å². The molecule has 0 bridgehead atoms. The number of aromatic amines is 1. The summed E-state index contributed by atoms with van der Waals surface area (Å²) in [6, 6.07) is 10.2. The van der Waals surface area contributed by atoms with Gasteiger partial charge in [0.15, 0.2) is 5.78 Å². The number of amides is 1. The van der Waals surface area contributed by atoms with Gasteiger partial charge in [-0.05, 0) is 61.4 Å². The van der Waals surface area contributed by atoms with Gasteiger partial charge in [-0.15, -0.1) is 0 Å². The van der Waals surface area contributed by atoms with Crippen LogP contribution in [0.5, 0.6) is 0 Å². The largest absolute Gasteiger partial charge is 0.369 e. The molecule has 3 aliphatic rings. The number of aromatic nitrogens is 3. The van der Waals surface area contributed by atoms with Gasteiger partial charge >= 0.3 is 0 Å². The van der Waals surface area contributed by atoms with E-state index in [4.69, 9.17) is 5.73 Å². The highest BCUT2D eigenvalue weighted by Gasteiger charge is 2.46. The molecule has 1 fully saturated rings. The van der Waals surface area contributed by atoms with Gasteiger partial charge in [0.1, 0.15) is 11.6 Å². The number of pyridine rings is 1. The fourth-order valence-electron chi connectivity index (χ4n) is 5.70. The summed E-state index contributed by atoms with van der Waals surface area (Å²) in [5.41, 5.74) is 10.6. The number of nitrogens with zero attached hydrogens (tertiary/aromatic N) is 2. The number of ketones is 1. The molecule has 4 N–H and O–H groups in total. The molecular formula is C30H30FN5O2. The number of Topliss-reactive ketones (excluding diaryl/α,β-unsaturated/α-hetero) is 1. The lowest BCUT2D eigenvalue weighted by atomic mass is 9.68. The number of carbonyl (C=O) groups is 2. The molecule has 3 aromatic rings. The number of carbonyl (C=O) groups excluding carboxylic acids is 2. The molecule has 6 rings (SSSR count). The van der Waals surface area contributed by atoms with Gasteiger partial charge in [-0.25, -0.2) is 4.39 Å². The first-order valence-corrected chi connectivity index (χ1v) is 13.1. The second kappa shape index (κ2) is 9.04. The van der Waals surface area contributed by atoms with E-state index in [0.717, 1.165) is 48.1 Å². The first kappa shape index (κ1) is 24.3. The molecule has 0 spiro atoms. The van der Waals surface area contributed by atoms with E-state index in [0.29, 0.717) is 22.8 Å². The van der Waals surface area contributed by atoms with Gasteiger partial charge in [-0.1, -0.05) is 38.1 Å². The number of hydrogen-bond donors (Lipinski definition) is 3. The van der Waals surface area contributed by atoms with Crippen molar-refractivity contribution in [2.24, 2.45) is 17.1 Å². The molecule has 1 saturated carbocycles. The van der Waals surface area contributed by atoms with Crippen molar-refractivity contribution in [2.75, 3.05) is 5.32 Å². The van der Waals surface area contributed by atoms with Crippen molar-refractivity contribution >= 4 is 23.6 Å². The first-order chi connectivity index (χ1) is 18.2. The Morgan fingerprint density at radius 3 is 2.71 bits per heavy atom. The topological polar surface area (TPSA) is 114 Å². The number of hydrogen-bond acceptors (Lipinski definition) is 5. The molecule has 3 heterocycles. The predicted molar refractivity (Wildman–Crippen MR) is 143 cm³/mol. The van der Waals surface area contributed by atoms with Crippen LogP contribution in [0.25, 0.3) is 17.2 Å². The van der Waals surface area contributed by atoms with E-state index < -0.39 is 23.2 Å². The van der Waals surface area contributed by atoms with Crippen molar-refractivity contribution in [3.63, 3.8) is 0 Å². The van der Waals surface area contributed by atoms with Crippen LogP contribution < -0.4 is 11.1 Å². The summed E-state index contributed by atoms with van der Waals surface area (Å²) in [6.45, 7) is 3.96. The minimum absolute atomic E-state index is 0.0927. The summed E-state index contributed by atoms with van der Waals surface area (Å²) >= 11 is 0. The van der Waals surface area contributed by atoms with Gasteiger partial charge in [-0.2, -0.15) is 5.10 Å². The first-order valence-electron chi connectivity index (χ1n) is 13.1. The van der Waals surface area contributed by atoms with Gasteiger partial charge in [0.25, 0.3) is 0 Å². The molecule has 0 saturated heterocycles. The summed E-state index contributed by atoms with van der Waals surface area (Å²) < 4.78 is 13.7. The van der Waals surface area contributed by atoms with E-state index in [1.807, 2.05) is 44.2 Å². The number of benzene rings is 1. The van der Waals surface area contributed by atoms with Gasteiger partial charge < -0.3 is 11.1 Å². The molecule has 194 valence electrons. The molecule has 2 unspecified atom stereocenters. The minimum Gasteiger partial charge on any atom is -0.369 e. The smallest absolute Gasteiger partial charge is 0.226 e. The Bertz CT molecular complexity index is 1500. The Morgan fingerprint density at radius 2 is 2.03 bits per heavy atom. The van der Waals surface area contributed by atoms with E-state index in [1.165, 1.54) is 12.1 Å². The van der Waals surface area contributed by atoms with Crippen molar-refractivity contribution in [2.45, 2.75) is 51.4 Å². The van der Waals surface area contributed by atoms with Crippen molar-refractivity contribution in [3.8, 4) is 11.1 Å². The number of H-pyrrole nitrogens is 1. The third-order valence-corrected chi connectivity index (χ3v) is 8.01. The number of primary amides is 1. The zero-order chi connectivity index (χ0) is 26.6. The summed E-state index contributed by atoms with van der Waals surface area (Å²) in [4.78, 5) is 30.8. The van der Waals surface area contributed by atoms with Crippen molar-refractivity contribution < 1.29 is 14.0 Å². The molecule has 8 heteroatoms. The second-order valence-corrected chi connectivity index (χ2v) is 11.2. The third-order valence-electron chi connectivity index (χ3n) is 8.01. The van der Waals surface area contributed by atoms with Crippen molar-refractivity contribution in [1.82, 2.24) is 15.2 Å². The van der Waals surface area contributed by atoms with Gasteiger partial charge in [0, 0.05) is 39.9 Å². The van der Waals surface area contributed by atoms with Crippen LogP contribution in [-0.2, 0) is 9.59 Å². The standard InChI is InChI=1S/C30H30FN5O2/c1-30(2)13-12-22-24(27(30)37)21(25-26(35-36-29(25)34-22)23(28(32)38)16-6-7-16)11-10-20-9-8-18(15-33-20)17-4-3-5-19(31)14-17/h3-5,8-11,14-16,21,23H,6-7,12-13H2,1-2H3,(H2,32,38)(H2,34,35,36)/b11-10+. The lowest BCUT2D eigenvalue weighted by Gasteiger charge is -2.37. The van der Waals surface area contributed by atoms with Crippen LogP contribution in [0.2, 0.25) is 0 Å². The number of nitrogens with one attached hydrogen (secondary N) is 2. The fraction of sp³-hybridized carbons (Fsp3) is 0.333. The van der Waals surface area contributed by atoms with Crippen molar-refractivity contribution in [3.05, 3.63) is 82.7 Å². The van der Waals surface area contributed by atoms with Crippen LogP contribution in [-0.4, -0.2) is 26.9 Å². The van der Waals surface area contributed by atoms with Crippen LogP contribution in [0.15, 0.2) is 59.9 Å². The fourth-order valence-corrected chi connectivity index (χ4v) is 5.70. The maximum Gasteiger partial charge on any atom is 0.226 e. The molecule has 1 aromatic carbocycles. The molecular weight excluding hydrogens is 481 g/mol. The maximum absolute atomic E-state index is 13.7. The van der Waals surface area contributed by atoms with E-state index in [1.54, 1.807) is 12.3 Å². The average Bonchev–Trinajstić information content (AvgIpc) is 3.64. The number of anilines is 1. The normalized spacial score (nSPS) is 21.1. The molecule has 1 amide bonds. The van der Waals surface area contributed by atoms with Crippen LogP contribution in [0.3, 0.4) is 0 Å². The van der Waals surface area contributed by atoms with Crippen LogP contribution >= 0.6 is 0 Å². The number of halogens is 1. The Kier molecular flexibility index (Phi) is 5.78. The number of fused-ring (bicyclic) bond motifs is 1. The summed E-state index contributed by atoms with van der Waals surface area (Å²) in [5.74, 6) is -0.603. The van der Waals surface area contributed by atoms with E-state index in [9.17, 15) is 14.0 Å². The zero-order valence-corrected chi connectivity index (χ0v) is 21.4. The average molecular weight is 512 g/mol. The highest BCUT2D eigenvalue weighted by atomic mass is 19.1. The van der Waals surface area contributed by atoms with E-state index in [2.05, 4.69) is 20.5 Å². The number of rotatable bonds is 6.